The molecule has 0 saturated carbocycles. The third kappa shape index (κ3) is 3.26. The standard InChI is InChI=1S/C11H17NO4S/c1-8(2)17(13,14)12-10-7-9(15-3)5-6-11(10)16-4/h5-8,12H,1-4H3. The lowest BCUT2D eigenvalue weighted by Gasteiger charge is -2.14. The molecule has 6 heteroatoms. The van der Waals surface area contributed by atoms with Gasteiger partial charge in [-0.15, -0.1) is 0 Å². The van der Waals surface area contributed by atoms with Gasteiger partial charge in [0.05, 0.1) is 25.2 Å². The number of methoxy groups -OCH3 is 2. The predicted molar refractivity (Wildman–Crippen MR) is 67.2 cm³/mol. The first-order valence-corrected chi connectivity index (χ1v) is 6.69. The first kappa shape index (κ1) is 13.6. The van der Waals surface area contributed by atoms with Gasteiger partial charge < -0.3 is 9.47 Å². The summed E-state index contributed by atoms with van der Waals surface area (Å²) in [5, 5.41) is -0.515. The van der Waals surface area contributed by atoms with Crippen LogP contribution in [0.4, 0.5) is 5.69 Å². The number of hydrogen-bond acceptors (Lipinski definition) is 4. The summed E-state index contributed by atoms with van der Waals surface area (Å²) in [6.45, 7) is 3.21. The van der Waals surface area contributed by atoms with Crippen LogP contribution in [0, 0.1) is 0 Å². The number of rotatable bonds is 5. The molecular formula is C11H17NO4S. The molecule has 0 fully saturated rings. The number of anilines is 1. The molecule has 17 heavy (non-hydrogen) atoms. The summed E-state index contributed by atoms with van der Waals surface area (Å²) in [4.78, 5) is 0. The van der Waals surface area contributed by atoms with Gasteiger partial charge in [-0.2, -0.15) is 0 Å². The minimum atomic E-state index is -3.39. The van der Waals surface area contributed by atoms with Crippen molar-refractivity contribution in [3.63, 3.8) is 0 Å². The molecule has 1 N–H and O–H groups in total. The van der Waals surface area contributed by atoms with Crippen molar-refractivity contribution in [1.82, 2.24) is 0 Å². The summed E-state index contributed by atoms with van der Waals surface area (Å²) in [5.74, 6) is 1.02. The molecule has 0 radical (unpaired) electrons. The summed E-state index contributed by atoms with van der Waals surface area (Å²) in [6.07, 6.45) is 0. The Morgan fingerprint density at radius 2 is 1.82 bits per heavy atom. The number of ether oxygens (including phenoxy) is 2. The average Bonchev–Trinajstić information content (AvgIpc) is 2.28. The third-order valence-corrected chi connectivity index (χ3v) is 4.03. The van der Waals surface area contributed by atoms with Gasteiger partial charge in [0.2, 0.25) is 10.0 Å². The van der Waals surface area contributed by atoms with E-state index in [1.165, 1.54) is 14.2 Å². The van der Waals surface area contributed by atoms with Gasteiger partial charge in [0, 0.05) is 6.07 Å². The van der Waals surface area contributed by atoms with Gasteiger partial charge in [-0.3, -0.25) is 4.72 Å². The van der Waals surface area contributed by atoms with Crippen molar-refractivity contribution in [2.45, 2.75) is 19.1 Å². The fourth-order valence-corrected chi connectivity index (χ4v) is 1.87. The van der Waals surface area contributed by atoms with Crippen LogP contribution in [-0.2, 0) is 10.0 Å². The Morgan fingerprint density at radius 1 is 1.18 bits per heavy atom. The highest BCUT2D eigenvalue weighted by atomic mass is 32.2. The molecule has 0 aromatic heterocycles. The fraction of sp³-hybridized carbons (Fsp3) is 0.455. The third-order valence-electron chi connectivity index (χ3n) is 2.28. The number of hydrogen-bond donors (Lipinski definition) is 1. The zero-order valence-electron chi connectivity index (χ0n) is 10.4. The quantitative estimate of drug-likeness (QED) is 0.876. The minimum absolute atomic E-state index is 0.376. The van der Waals surface area contributed by atoms with E-state index in [0.717, 1.165) is 0 Å². The molecule has 1 rings (SSSR count). The van der Waals surface area contributed by atoms with Crippen LogP contribution >= 0.6 is 0 Å². The fourth-order valence-electron chi connectivity index (χ4n) is 1.16. The van der Waals surface area contributed by atoms with Crippen LogP contribution in [0.15, 0.2) is 18.2 Å². The highest BCUT2D eigenvalue weighted by Crippen LogP contribution is 2.30. The SMILES string of the molecule is COc1ccc(OC)c(NS(=O)(=O)C(C)C)c1. The van der Waals surface area contributed by atoms with Gasteiger partial charge in [0.1, 0.15) is 11.5 Å². The van der Waals surface area contributed by atoms with Crippen molar-refractivity contribution in [2.24, 2.45) is 0 Å². The lowest BCUT2D eigenvalue weighted by molar-refractivity contribution is 0.405. The van der Waals surface area contributed by atoms with E-state index in [9.17, 15) is 8.42 Å². The smallest absolute Gasteiger partial charge is 0.235 e. The largest absolute Gasteiger partial charge is 0.497 e. The van der Waals surface area contributed by atoms with Crippen molar-refractivity contribution in [2.75, 3.05) is 18.9 Å². The molecular weight excluding hydrogens is 242 g/mol. The molecule has 0 unspecified atom stereocenters. The molecule has 0 bridgehead atoms. The van der Waals surface area contributed by atoms with Crippen molar-refractivity contribution in [1.29, 1.82) is 0 Å². The molecule has 5 nitrogen and oxygen atoms in total. The molecule has 0 spiro atoms. The lowest BCUT2D eigenvalue weighted by atomic mass is 10.3. The molecule has 1 aromatic carbocycles. The van der Waals surface area contributed by atoms with Crippen molar-refractivity contribution in [3.8, 4) is 11.5 Å². The van der Waals surface area contributed by atoms with Crippen LogP contribution in [0.1, 0.15) is 13.8 Å². The van der Waals surface area contributed by atoms with Gasteiger partial charge in [-0.25, -0.2) is 8.42 Å². The van der Waals surface area contributed by atoms with Crippen LogP contribution in [0.5, 0.6) is 11.5 Å². The highest BCUT2D eigenvalue weighted by molar-refractivity contribution is 7.93. The first-order valence-electron chi connectivity index (χ1n) is 5.14. The second kappa shape index (κ2) is 5.27. The normalized spacial score (nSPS) is 11.4. The second-order valence-electron chi connectivity index (χ2n) is 3.76. The monoisotopic (exact) mass is 259 g/mol. The van der Waals surface area contributed by atoms with Crippen LogP contribution in [-0.4, -0.2) is 27.9 Å². The Balaban J connectivity index is 3.12. The maximum absolute atomic E-state index is 11.8. The first-order chi connectivity index (χ1) is 7.90. The molecule has 0 saturated heterocycles. The molecule has 0 amide bonds. The molecule has 0 heterocycles. The summed E-state index contributed by atoms with van der Waals surface area (Å²) >= 11 is 0. The maximum atomic E-state index is 11.8. The van der Waals surface area contributed by atoms with E-state index in [2.05, 4.69) is 4.72 Å². The van der Waals surface area contributed by atoms with Crippen LogP contribution < -0.4 is 14.2 Å². The Kier molecular flexibility index (Phi) is 4.22. The van der Waals surface area contributed by atoms with Gasteiger partial charge in [0.15, 0.2) is 0 Å². The molecule has 0 aliphatic carbocycles. The zero-order chi connectivity index (χ0) is 13.1. The van der Waals surface area contributed by atoms with Crippen molar-refractivity contribution >= 4 is 15.7 Å². The highest BCUT2D eigenvalue weighted by Gasteiger charge is 2.18. The maximum Gasteiger partial charge on any atom is 0.235 e. The van der Waals surface area contributed by atoms with Gasteiger partial charge in [-0.05, 0) is 26.0 Å². The summed E-state index contributed by atoms with van der Waals surface area (Å²) in [6, 6.07) is 4.93. The number of nitrogens with one attached hydrogen (secondary N) is 1. The second-order valence-corrected chi connectivity index (χ2v) is 6.00. The van der Waals surface area contributed by atoms with Crippen molar-refractivity contribution < 1.29 is 17.9 Å². The van der Waals surface area contributed by atoms with Crippen LogP contribution in [0.2, 0.25) is 0 Å². The lowest BCUT2D eigenvalue weighted by Crippen LogP contribution is -2.22. The van der Waals surface area contributed by atoms with E-state index in [1.807, 2.05) is 0 Å². The van der Waals surface area contributed by atoms with Crippen LogP contribution in [0.3, 0.4) is 0 Å². The van der Waals surface area contributed by atoms with E-state index in [1.54, 1.807) is 32.0 Å². The summed E-state index contributed by atoms with van der Waals surface area (Å²) in [7, 11) is -0.397. The predicted octanol–water partition coefficient (Wildman–Crippen LogP) is 1.85. The average molecular weight is 259 g/mol. The summed E-state index contributed by atoms with van der Waals surface area (Å²) in [5.41, 5.74) is 0.376. The Morgan fingerprint density at radius 3 is 2.29 bits per heavy atom. The number of sulfonamides is 1. The van der Waals surface area contributed by atoms with Crippen molar-refractivity contribution in [3.05, 3.63) is 18.2 Å². The van der Waals surface area contributed by atoms with E-state index >= 15 is 0 Å². The van der Waals surface area contributed by atoms with E-state index in [0.29, 0.717) is 17.2 Å². The van der Waals surface area contributed by atoms with Gasteiger partial charge in [-0.1, -0.05) is 0 Å². The Hall–Kier alpha value is -1.43. The van der Waals surface area contributed by atoms with Gasteiger partial charge in [0.25, 0.3) is 0 Å². The molecule has 0 aliphatic rings. The molecule has 0 atom stereocenters. The zero-order valence-corrected chi connectivity index (χ0v) is 11.2. The molecule has 1 aromatic rings. The Bertz CT molecular complexity index is 482. The van der Waals surface area contributed by atoms with Gasteiger partial charge >= 0.3 is 0 Å². The Labute approximate surface area is 102 Å². The van der Waals surface area contributed by atoms with E-state index in [4.69, 9.17) is 9.47 Å². The van der Waals surface area contributed by atoms with E-state index < -0.39 is 15.3 Å². The molecule has 0 aliphatic heterocycles. The van der Waals surface area contributed by atoms with Crippen LogP contribution in [0.25, 0.3) is 0 Å². The minimum Gasteiger partial charge on any atom is -0.497 e. The van der Waals surface area contributed by atoms with E-state index in [-0.39, 0.29) is 0 Å². The number of benzene rings is 1. The molecule has 96 valence electrons. The topological polar surface area (TPSA) is 64.6 Å². The summed E-state index contributed by atoms with van der Waals surface area (Å²) < 4.78 is 36.1.